The molecule has 0 aliphatic carbocycles. The molecule has 0 heterocycles. The van der Waals surface area contributed by atoms with Crippen LogP contribution in [-0.4, -0.2) is 0 Å². The zero-order valence-corrected chi connectivity index (χ0v) is 3.38. The largest absolute Gasteiger partial charge is 0.232 e. The average Bonchev–Trinajstić information content (AvgIpc) is 1.00. The highest BCUT2D eigenvalue weighted by molar-refractivity contribution is 3.64. The van der Waals surface area contributed by atoms with Gasteiger partial charge in [-0.2, -0.15) is 0 Å². The molecule has 0 N–H and O–H groups in total. The number of hydrogen-bond donors (Lipinski definition) is 0. The minimum Gasteiger partial charge on any atom is -0.232 e. The molecule has 7 heavy (non-hydrogen) atoms. The average molecular weight is 91.1 g/mol. The maximum atomic E-state index is 8.75. The minimum absolute atomic E-state index is 0. The third-order valence-corrected chi connectivity index (χ3v) is 0. The lowest BCUT2D eigenvalue weighted by atomic mass is 11.9. The predicted molar refractivity (Wildman–Crippen MR) is 20.6 cm³/mol. The Bertz CT molecular complexity index is 4.14. The highest BCUT2D eigenvalue weighted by atomic mass is 19.1. The maximum absolute atomic E-state index is 8.75. The Balaban J connectivity index is -0.000000000500. The van der Waals surface area contributed by atoms with Crippen molar-refractivity contribution in [2.75, 3.05) is 0 Å². The molecule has 0 atom stereocenters. The van der Waals surface area contributed by atoms with Crippen molar-refractivity contribution in [3.8, 4) is 0 Å². The van der Waals surface area contributed by atoms with Crippen molar-refractivity contribution in [2.24, 2.45) is 0 Å². The molecule has 0 aromatic rings. The van der Waals surface area contributed by atoms with Crippen LogP contribution in [-0.2, 0) is 0 Å². The van der Waals surface area contributed by atoms with Crippen LogP contribution in [0, 0.1) is 44.3 Å². The van der Waals surface area contributed by atoms with Crippen LogP contribution in [0.1, 0.15) is 0 Å². The van der Waals surface area contributed by atoms with Crippen LogP contribution in [0.5, 0.6) is 0 Å². The van der Waals surface area contributed by atoms with Crippen LogP contribution >= 0.6 is 0 Å². The summed E-state index contributed by atoms with van der Waals surface area (Å²) in [6.45, 7) is 0. The van der Waals surface area contributed by atoms with E-state index in [4.69, 9.17) is 4.39 Å². The molecule has 0 spiro atoms. The molecule has 0 saturated carbocycles. The van der Waals surface area contributed by atoms with Crippen molar-refractivity contribution < 1.29 is 4.39 Å². The minimum atomic E-state index is 0. The zero-order valence-electron chi connectivity index (χ0n) is 3.38. The summed E-state index contributed by atoms with van der Waals surface area (Å²) in [5.41, 5.74) is 0. The van der Waals surface area contributed by atoms with E-state index in [0.717, 1.165) is 0 Å². The molecule has 31 valence electrons. The number of rotatable bonds is 0. The van der Waals surface area contributed by atoms with E-state index in [1.165, 1.54) is 0 Å². The van der Waals surface area contributed by atoms with Crippen molar-refractivity contribution in [3.63, 3.8) is 0 Å². The highest BCUT2D eigenvalue weighted by Crippen LogP contribution is 1.27. The first-order chi connectivity index (χ1) is 1.00. The molecule has 0 bridgehead atoms. The Morgan fingerprint density at radius 1 is 0.571 bits per heavy atom. The standard InChI is InChI=1S/CF.5C/c1-2;;;;;. The molecule has 0 aromatic carbocycles. The first-order valence-corrected chi connectivity index (χ1v) is 0.189. The lowest BCUT2D eigenvalue weighted by molar-refractivity contribution is 0.713. The quantitative estimate of drug-likeness (QED) is 0.415. The van der Waals surface area contributed by atoms with Crippen molar-refractivity contribution in [1.82, 2.24) is 0 Å². The second-order valence-electron chi connectivity index (χ2n) is 0. The smallest absolute Gasteiger partial charge is 0.232 e. The van der Waals surface area contributed by atoms with E-state index in [2.05, 4.69) is 7.18 Å². The molecule has 0 fully saturated rings. The predicted octanol–water partition coefficient (Wildman–Crippen LogP) is 0.908. The fourth-order valence-corrected chi connectivity index (χ4v) is 0. The summed E-state index contributed by atoms with van der Waals surface area (Å²) in [5, 5.41) is 0. The normalized spacial score (nSPS) is 0.857. The number of halogens is 1. The monoisotopic (exact) mass is 91.0 g/mol. The molecule has 0 aliphatic rings. The molecule has 0 rings (SSSR count). The van der Waals surface area contributed by atoms with Crippen LogP contribution < -0.4 is 0 Å². The molecule has 0 saturated heterocycles. The number of hydrogen-bond acceptors (Lipinski definition) is 0. The Kier molecular flexibility index (Phi) is 1180000. The van der Waals surface area contributed by atoms with Crippen LogP contribution in [0.3, 0.4) is 0 Å². The first-order valence-electron chi connectivity index (χ1n) is 0.189. The third-order valence-electron chi connectivity index (χ3n) is 0. The maximum Gasteiger partial charge on any atom is 0.232 e. The van der Waals surface area contributed by atoms with Crippen molar-refractivity contribution in [3.05, 3.63) is 44.3 Å². The van der Waals surface area contributed by atoms with Gasteiger partial charge in [0.25, 0.3) is 0 Å². The molecule has 0 aromatic heterocycles. The second-order valence-corrected chi connectivity index (χ2v) is 0. The lowest BCUT2D eigenvalue weighted by Crippen LogP contribution is -0.764. The van der Waals surface area contributed by atoms with E-state index in [-0.39, 0.29) is 37.1 Å². The Morgan fingerprint density at radius 2 is 0.571 bits per heavy atom. The molecular weight excluding hydrogens is 91.1 g/mol. The van der Waals surface area contributed by atoms with E-state index < -0.39 is 0 Å². The van der Waals surface area contributed by atoms with E-state index in [1.807, 2.05) is 0 Å². The van der Waals surface area contributed by atoms with Gasteiger partial charge in [-0.1, -0.05) is 0 Å². The van der Waals surface area contributed by atoms with Gasteiger partial charge in [0.2, 0.25) is 7.18 Å². The van der Waals surface area contributed by atoms with Gasteiger partial charge < -0.3 is 0 Å². The molecule has 1 heteroatoms. The summed E-state index contributed by atoms with van der Waals surface area (Å²) in [6.07, 6.45) is 0. The summed E-state index contributed by atoms with van der Waals surface area (Å²) in [6, 6.07) is 0. The third kappa shape index (κ3) is 18700. The fourth-order valence-electron chi connectivity index (χ4n) is 0. The van der Waals surface area contributed by atoms with E-state index >= 15 is 0 Å². The van der Waals surface area contributed by atoms with Gasteiger partial charge in [-0.25, -0.2) is 4.39 Å². The van der Waals surface area contributed by atoms with Crippen molar-refractivity contribution in [1.29, 1.82) is 0 Å². The van der Waals surface area contributed by atoms with Crippen LogP contribution in [0.25, 0.3) is 0 Å². The van der Waals surface area contributed by atoms with Gasteiger partial charge in [-0.05, 0) is 0 Å². The molecule has 0 nitrogen and oxygen atoms in total. The summed E-state index contributed by atoms with van der Waals surface area (Å²) < 4.78 is 8.75. The Labute approximate surface area is 49.8 Å². The summed E-state index contributed by atoms with van der Waals surface area (Å²) >= 11 is 0. The molecule has 0 amide bonds. The highest BCUT2D eigenvalue weighted by Gasteiger charge is 1.03. The van der Waals surface area contributed by atoms with Gasteiger partial charge in [0, 0.05) is 37.1 Å². The Morgan fingerprint density at radius 3 is 0.571 bits per heavy atom. The fraction of sp³-hybridized carbons (Fsp3) is 0. The van der Waals surface area contributed by atoms with Crippen molar-refractivity contribution in [2.45, 2.75) is 0 Å². The summed E-state index contributed by atoms with van der Waals surface area (Å²) in [7, 11) is 4.25. The van der Waals surface area contributed by atoms with Crippen molar-refractivity contribution >= 4 is 0 Å². The lowest BCUT2D eigenvalue weighted by Gasteiger charge is -1.03. The summed E-state index contributed by atoms with van der Waals surface area (Å²) in [5.74, 6) is 0. The van der Waals surface area contributed by atoms with Gasteiger partial charge in [0.1, 0.15) is 0 Å². The van der Waals surface area contributed by atoms with Gasteiger partial charge in [0.15, 0.2) is 0 Å². The van der Waals surface area contributed by atoms with Gasteiger partial charge in [-0.15, -0.1) is 0 Å². The van der Waals surface area contributed by atoms with Crippen LogP contribution in [0.2, 0.25) is 0 Å². The van der Waals surface area contributed by atoms with Gasteiger partial charge in [0.05, 0.1) is 0 Å². The van der Waals surface area contributed by atoms with E-state index in [9.17, 15) is 0 Å². The molecule has 0 aliphatic heterocycles. The second kappa shape index (κ2) is 29400. The van der Waals surface area contributed by atoms with E-state index in [0.29, 0.717) is 0 Å². The molecule has 0 unspecified atom stereocenters. The van der Waals surface area contributed by atoms with Crippen LogP contribution in [0.15, 0.2) is 0 Å². The molecular formula is C6F. The molecule has 23 radical (unpaired) electrons. The Hall–Kier alpha value is -0.0700. The zero-order chi connectivity index (χ0) is 2.00. The van der Waals surface area contributed by atoms with E-state index in [1.54, 1.807) is 0 Å². The first kappa shape index (κ1) is 282. The topological polar surface area (TPSA) is 0 Å². The van der Waals surface area contributed by atoms with Crippen LogP contribution in [0.4, 0.5) is 4.39 Å². The summed E-state index contributed by atoms with van der Waals surface area (Å²) in [4.78, 5) is 0. The van der Waals surface area contributed by atoms with Gasteiger partial charge >= 0.3 is 0 Å². The van der Waals surface area contributed by atoms with Gasteiger partial charge in [-0.3, -0.25) is 0 Å². The SMILES string of the molecule is [C].[C].[C].[C].[C].[C]F.